The zero-order chi connectivity index (χ0) is 26.9. The molecule has 1 amide bonds. The standard InChI is InChI=1S/C25H19Cl2N3O6S/c1-13-7-10-19(21(27)24(13)37(33,34)35)29-30-22-16-6-4-3-5-14(16)11-17(23(22)31)25(32)28-20-12-15(36-2)8-9-18(20)26/h3-12,31H,1-2H3,(H,28,32)(H,33,34,35). The molecule has 12 heteroatoms. The minimum Gasteiger partial charge on any atom is -0.505 e. The molecule has 0 atom stereocenters. The summed E-state index contributed by atoms with van der Waals surface area (Å²) in [7, 11) is -3.15. The fourth-order valence-corrected chi connectivity index (χ4v) is 5.16. The van der Waals surface area contributed by atoms with Gasteiger partial charge in [-0.25, -0.2) is 0 Å². The molecule has 4 rings (SSSR count). The fourth-order valence-electron chi connectivity index (χ4n) is 3.65. The summed E-state index contributed by atoms with van der Waals surface area (Å²) in [6.45, 7) is 1.46. The normalized spacial score (nSPS) is 11.7. The summed E-state index contributed by atoms with van der Waals surface area (Å²) >= 11 is 12.4. The van der Waals surface area contributed by atoms with Gasteiger partial charge < -0.3 is 15.2 Å². The van der Waals surface area contributed by atoms with Gasteiger partial charge >= 0.3 is 0 Å². The first-order chi connectivity index (χ1) is 17.5. The SMILES string of the molecule is COc1ccc(Cl)c(NC(=O)c2cc3ccccc3c(N=Nc3ccc(C)c(S(=O)(=O)O)c3Cl)c2O)c1. The number of aryl methyl sites for hydroxylation is 1. The third-order valence-corrected chi connectivity index (χ3v) is 7.32. The molecule has 0 saturated heterocycles. The van der Waals surface area contributed by atoms with E-state index < -0.39 is 26.7 Å². The van der Waals surface area contributed by atoms with E-state index in [0.29, 0.717) is 16.5 Å². The number of carbonyl (C=O) groups excluding carboxylic acids is 1. The van der Waals surface area contributed by atoms with Crippen molar-refractivity contribution in [1.29, 1.82) is 0 Å². The highest BCUT2D eigenvalue weighted by Gasteiger charge is 2.22. The van der Waals surface area contributed by atoms with Crippen molar-refractivity contribution >= 4 is 67.1 Å². The Kier molecular flexibility index (Phi) is 7.37. The number of halogens is 2. The molecule has 0 aliphatic rings. The van der Waals surface area contributed by atoms with Gasteiger partial charge in [0.2, 0.25) is 0 Å². The molecule has 0 spiro atoms. The van der Waals surface area contributed by atoms with Crippen LogP contribution in [0.15, 0.2) is 75.8 Å². The van der Waals surface area contributed by atoms with Gasteiger partial charge in [0.15, 0.2) is 5.75 Å². The van der Waals surface area contributed by atoms with Gasteiger partial charge in [-0.05, 0) is 42.1 Å². The third kappa shape index (κ3) is 5.37. The van der Waals surface area contributed by atoms with Crippen LogP contribution >= 0.6 is 23.2 Å². The smallest absolute Gasteiger partial charge is 0.296 e. The molecule has 9 nitrogen and oxygen atoms in total. The molecule has 0 aliphatic heterocycles. The second-order valence-corrected chi connectivity index (χ2v) is 10.0. The predicted octanol–water partition coefficient (Wildman–Crippen LogP) is 7.08. The van der Waals surface area contributed by atoms with Crippen molar-refractivity contribution in [2.75, 3.05) is 12.4 Å². The fraction of sp³-hybridized carbons (Fsp3) is 0.0800. The summed E-state index contributed by atoms with van der Waals surface area (Å²) in [6.07, 6.45) is 0. The summed E-state index contributed by atoms with van der Waals surface area (Å²) in [5.74, 6) is -0.676. The number of hydrogen-bond acceptors (Lipinski definition) is 7. The minimum absolute atomic E-state index is 0.0509. The zero-order valence-corrected chi connectivity index (χ0v) is 21.7. The lowest BCUT2D eigenvalue weighted by Crippen LogP contribution is -2.12. The number of benzene rings is 4. The molecule has 0 fully saturated rings. The number of methoxy groups -OCH3 is 1. The summed E-state index contributed by atoms with van der Waals surface area (Å²) in [6, 6.07) is 15.9. The van der Waals surface area contributed by atoms with Crippen LogP contribution in [0, 0.1) is 6.92 Å². The van der Waals surface area contributed by atoms with Crippen molar-refractivity contribution in [3.63, 3.8) is 0 Å². The number of nitrogens with zero attached hydrogens (tertiary/aromatic N) is 2. The Labute approximate surface area is 222 Å². The van der Waals surface area contributed by atoms with Crippen LogP contribution in [0.25, 0.3) is 10.8 Å². The van der Waals surface area contributed by atoms with Gasteiger partial charge in [-0.2, -0.15) is 8.42 Å². The highest BCUT2D eigenvalue weighted by molar-refractivity contribution is 7.86. The number of anilines is 1. The van der Waals surface area contributed by atoms with E-state index in [4.69, 9.17) is 27.9 Å². The van der Waals surface area contributed by atoms with Crippen LogP contribution in [0.5, 0.6) is 11.5 Å². The van der Waals surface area contributed by atoms with Crippen LogP contribution in [0.4, 0.5) is 17.1 Å². The summed E-state index contributed by atoms with van der Waals surface area (Å²) in [5.41, 5.74) is 0.257. The second-order valence-electron chi connectivity index (χ2n) is 7.86. The van der Waals surface area contributed by atoms with Crippen molar-refractivity contribution < 1.29 is 27.6 Å². The highest BCUT2D eigenvalue weighted by atomic mass is 35.5. The monoisotopic (exact) mass is 559 g/mol. The number of hydrogen-bond donors (Lipinski definition) is 3. The zero-order valence-electron chi connectivity index (χ0n) is 19.4. The van der Waals surface area contributed by atoms with E-state index in [1.165, 1.54) is 38.3 Å². The van der Waals surface area contributed by atoms with Crippen LogP contribution in [0.1, 0.15) is 15.9 Å². The maximum Gasteiger partial charge on any atom is 0.296 e. The number of nitrogens with one attached hydrogen (secondary N) is 1. The lowest BCUT2D eigenvalue weighted by Gasteiger charge is -2.13. The van der Waals surface area contributed by atoms with Crippen LogP contribution in [0.3, 0.4) is 0 Å². The molecule has 0 heterocycles. The van der Waals surface area contributed by atoms with Gasteiger partial charge in [-0.1, -0.05) is 53.5 Å². The Morgan fingerprint density at radius 1 is 1.03 bits per heavy atom. The van der Waals surface area contributed by atoms with Gasteiger partial charge in [-0.3, -0.25) is 9.35 Å². The molecule has 4 aromatic rings. The van der Waals surface area contributed by atoms with E-state index in [1.54, 1.807) is 36.4 Å². The first-order valence-electron chi connectivity index (χ1n) is 10.6. The lowest BCUT2D eigenvalue weighted by molar-refractivity contribution is 0.102. The number of phenolic OH excluding ortho intramolecular Hbond substituents is 1. The first-order valence-corrected chi connectivity index (χ1v) is 12.8. The van der Waals surface area contributed by atoms with Crippen LogP contribution < -0.4 is 10.1 Å². The van der Waals surface area contributed by atoms with Crippen LogP contribution in [-0.4, -0.2) is 31.1 Å². The topological polar surface area (TPSA) is 138 Å². The van der Waals surface area contributed by atoms with Crippen molar-refractivity contribution in [1.82, 2.24) is 0 Å². The predicted molar refractivity (Wildman–Crippen MR) is 142 cm³/mol. The molecule has 0 unspecified atom stereocenters. The van der Waals surface area contributed by atoms with Gasteiger partial charge in [0.05, 0.1) is 28.4 Å². The van der Waals surface area contributed by atoms with Gasteiger partial charge in [-0.15, -0.1) is 10.2 Å². The number of amides is 1. The average Bonchev–Trinajstić information content (AvgIpc) is 2.84. The maximum absolute atomic E-state index is 13.1. The van der Waals surface area contributed by atoms with Crippen molar-refractivity contribution in [2.45, 2.75) is 11.8 Å². The van der Waals surface area contributed by atoms with E-state index in [0.717, 1.165) is 0 Å². The molecule has 37 heavy (non-hydrogen) atoms. The van der Waals surface area contributed by atoms with Gasteiger partial charge in [0.25, 0.3) is 16.0 Å². The molecule has 0 bridgehead atoms. The Morgan fingerprint density at radius 3 is 2.46 bits per heavy atom. The number of phenols is 1. The maximum atomic E-state index is 13.1. The Balaban J connectivity index is 1.82. The number of rotatable bonds is 6. The second kappa shape index (κ2) is 10.3. The molecule has 4 aromatic carbocycles. The molecular weight excluding hydrogens is 541 g/mol. The summed E-state index contributed by atoms with van der Waals surface area (Å²) in [4.78, 5) is 12.6. The van der Waals surface area contributed by atoms with Crippen LogP contribution in [-0.2, 0) is 10.1 Å². The van der Waals surface area contributed by atoms with Crippen LogP contribution in [0.2, 0.25) is 10.0 Å². The molecule has 190 valence electrons. The average molecular weight is 560 g/mol. The minimum atomic E-state index is -4.62. The van der Waals surface area contributed by atoms with Crippen molar-refractivity contribution in [3.05, 3.63) is 81.8 Å². The van der Waals surface area contributed by atoms with E-state index >= 15 is 0 Å². The van der Waals surface area contributed by atoms with E-state index in [1.807, 2.05) is 0 Å². The molecule has 0 aromatic heterocycles. The number of aromatic hydroxyl groups is 1. The van der Waals surface area contributed by atoms with Crippen molar-refractivity contribution in [3.8, 4) is 11.5 Å². The van der Waals surface area contributed by atoms with Crippen molar-refractivity contribution in [2.24, 2.45) is 10.2 Å². The quantitative estimate of drug-likeness (QED) is 0.170. The number of ether oxygens (including phenoxy) is 1. The highest BCUT2D eigenvalue weighted by Crippen LogP contribution is 2.41. The van der Waals surface area contributed by atoms with E-state index in [9.17, 15) is 22.9 Å². The Bertz CT molecular complexity index is 1690. The molecule has 0 aliphatic carbocycles. The van der Waals surface area contributed by atoms with Gasteiger partial charge in [0.1, 0.15) is 22.0 Å². The number of azo groups is 1. The first kappa shape index (κ1) is 26.4. The molecule has 0 saturated carbocycles. The summed E-state index contributed by atoms with van der Waals surface area (Å²) < 4.78 is 38.2. The molecule has 3 N–H and O–H groups in total. The van der Waals surface area contributed by atoms with E-state index in [2.05, 4.69) is 15.5 Å². The summed E-state index contributed by atoms with van der Waals surface area (Å²) in [5, 5.41) is 22.8. The lowest BCUT2D eigenvalue weighted by atomic mass is 10.0. The Hall–Kier alpha value is -3.70. The Morgan fingerprint density at radius 2 is 1.76 bits per heavy atom. The largest absolute Gasteiger partial charge is 0.505 e. The molecule has 0 radical (unpaired) electrons. The number of carbonyl (C=O) groups is 1. The third-order valence-electron chi connectivity index (χ3n) is 5.45. The molecular formula is C25H19Cl2N3O6S. The number of fused-ring (bicyclic) bond motifs is 1. The van der Waals surface area contributed by atoms with Gasteiger partial charge in [0, 0.05) is 11.5 Å². The van der Waals surface area contributed by atoms with E-state index in [-0.39, 0.29) is 38.2 Å².